The van der Waals surface area contributed by atoms with E-state index in [0.717, 1.165) is 5.76 Å². The molecule has 142 valence electrons. The van der Waals surface area contributed by atoms with E-state index < -0.39 is 11.7 Å². The molecular weight excluding hydrogens is 350 g/mol. The lowest BCUT2D eigenvalue weighted by Gasteiger charge is -2.32. The molecule has 0 saturated heterocycles. The number of anilines is 1. The maximum atomic E-state index is 12.8. The molecule has 6 nitrogen and oxygen atoms in total. The van der Waals surface area contributed by atoms with E-state index in [1.54, 1.807) is 17.3 Å². The highest BCUT2D eigenvalue weighted by Gasteiger charge is 2.30. The molecule has 0 aromatic carbocycles. The number of thioether (sulfide) groups is 1. The van der Waals surface area contributed by atoms with E-state index in [-0.39, 0.29) is 12.1 Å². The van der Waals surface area contributed by atoms with Gasteiger partial charge < -0.3 is 9.47 Å². The minimum Gasteiger partial charge on any atom is -0.491 e. The summed E-state index contributed by atoms with van der Waals surface area (Å²) in [5.74, 6) is 0.814. The molecule has 0 fully saturated rings. The van der Waals surface area contributed by atoms with Gasteiger partial charge in [0.15, 0.2) is 5.16 Å². The van der Waals surface area contributed by atoms with Crippen LogP contribution in [0.2, 0.25) is 0 Å². The number of hydrogen-bond acceptors (Lipinski definition) is 6. The molecule has 1 unspecified atom stereocenters. The maximum Gasteiger partial charge on any atom is 0.415 e. The Bertz CT molecular complexity index is 678. The summed E-state index contributed by atoms with van der Waals surface area (Å²) in [6, 6.07) is -0.187. The largest absolute Gasteiger partial charge is 0.491 e. The lowest BCUT2D eigenvalue weighted by molar-refractivity contribution is 0.0570. The van der Waals surface area contributed by atoms with Gasteiger partial charge in [-0.2, -0.15) is 0 Å². The third-order valence-electron chi connectivity index (χ3n) is 3.41. The summed E-state index contributed by atoms with van der Waals surface area (Å²) in [5.41, 5.74) is 0.0172. The molecule has 0 radical (unpaired) electrons. The summed E-state index contributed by atoms with van der Waals surface area (Å²) in [4.78, 5) is 23.0. The number of ether oxygens (including phenoxy) is 2. The van der Waals surface area contributed by atoms with Crippen LogP contribution >= 0.6 is 11.8 Å². The van der Waals surface area contributed by atoms with Crippen LogP contribution < -0.4 is 4.90 Å². The van der Waals surface area contributed by atoms with Crippen LogP contribution in [-0.2, 0) is 9.47 Å². The Labute approximate surface area is 159 Å². The predicted octanol–water partition coefficient (Wildman–Crippen LogP) is 4.58. The van der Waals surface area contributed by atoms with Crippen molar-refractivity contribution in [3.8, 4) is 0 Å². The Balaban J connectivity index is 2.25. The smallest absolute Gasteiger partial charge is 0.415 e. The fourth-order valence-electron chi connectivity index (χ4n) is 2.42. The molecule has 7 heteroatoms. The van der Waals surface area contributed by atoms with Gasteiger partial charge in [0, 0.05) is 0 Å². The van der Waals surface area contributed by atoms with Gasteiger partial charge in [-0.25, -0.2) is 14.8 Å². The number of amides is 1. The summed E-state index contributed by atoms with van der Waals surface area (Å²) < 4.78 is 11.3. The second kappa shape index (κ2) is 8.58. The highest BCUT2D eigenvalue weighted by Crippen LogP contribution is 2.26. The number of nitrogens with zero attached hydrogens (tertiary/aromatic N) is 3. The van der Waals surface area contributed by atoms with Crippen LogP contribution in [0.4, 0.5) is 10.5 Å². The standard InChI is InChI=1S/C19H27N3O3S/c1-13(2)24-16-9-7-14(8-10-16)22(18(23)25-19(3,4)5)15-11-20-17(26-6)21-12-15/h7,9-14H,8H2,1-6H3. The highest BCUT2D eigenvalue weighted by molar-refractivity contribution is 7.98. The van der Waals surface area contributed by atoms with E-state index in [1.165, 1.54) is 11.8 Å². The van der Waals surface area contributed by atoms with Crippen LogP contribution in [0, 0.1) is 0 Å². The summed E-state index contributed by atoms with van der Waals surface area (Å²) in [6.45, 7) is 9.52. The van der Waals surface area contributed by atoms with Crippen LogP contribution in [0.25, 0.3) is 0 Å². The Morgan fingerprint density at radius 1 is 1.31 bits per heavy atom. The zero-order chi connectivity index (χ0) is 19.3. The molecule has 0 spiro atoms. The van der Waals surface area contributed by atoms with E-state index in [1.807, 2.05) is 59.1 Å². The van der Waals surface area contributed by atoms with Gasteiger partial charge in [-0.05, 0) is 59.4 Å². The van der Waals surface area contributed by atoms with Crippen LogP contribution in [0.15, 0.2) is 41.5 Å². The summed E-state index contributed by atoms with van der Waals surface area (Å²) in [7, 11) is 0. The zero-order valence-electron chi connectivity index (χ0n) is 16.2. The molecule has 1 aromatic rings. The van der Waals surface area contributed by atoms with E-state index in [2.05, 4.69) is 9.97 Å². The quantitative estimate of drug-likeness (QED) is 0.553. The first-order valence-corrected chi connectivity index (χ1v) is 9.85. The lowest BCUT2D eigenvalue weighted by atomic mass is 10.1. The zero-order valence-corrected chi connectivity index (χ0v) is 17.0. The van der Waals surface area contributed by atoms with Crippen molar-refractivity contribution in [1.82, 2.24) is 9.97 Å². The van der Waals surface area contributed by atoms with Gasteiger partial charge in [0.05, 0.1) is 30.2 Å². The maximum absolute atomic E-state index is 12.8. The fraction of sp³-hybridized carbons (Fsp3) is 0.526. The van der Waals surface area contributed by atoms with Crippen LogP contribution in [0.1, 0.15) is 41.0 Å². The Morgan fingerprint density at radius 2 is 1.96 bits per heavy atom. The Kier molecular flexibility index (Phi) is 6.69. The first-order valence-electron chi connectivity index (χ1n) is 8.63. The average Bonchev–Trinajstić information content (AvgIpc) is 2.55. The third kappa shape index (κ3) is 5.76. The minimum atomic E-state index is -0.588. The van der Waals surface area contributed by atoms with Crippen molar-refractivity contribution in [1.29, 1.82) is 0 Å². The number of aromatic nitrogens is 2. The molecule has 0 bridgehead atoms. The number of rotatable bonds is 5. The molecule has 1 aliphatic carbocycles. The molecule has 1 heterocycles. The molecule has 1 aromatic heterocycles. The number of allylic oxidation sites excluding steroid dienone is 1. The van der Waals surface area contributed by atoms with Gasteiger partial charge in [0.1, 0.15) is 11.4 Å². The van der Waals surface area contributed by atoms with Crippen LogP contribution in [0.3, 0.4) is 0 Å². The second-order valence-electron chi connectivity index (χ2n) is 7.21. The minimum absolute atomic E-state index is 0.108. The third-order valence-corrected chi connectivity index (χ3v) is 3.99. The average molecular weight is 378 g/mol. The van der Waals surface area contributed by atoms with Gasteiger partial charge in [0.2, 0.25) is 0 Å². The SMILES string of the molecule is CSc1ncc(N(C(=O)OC(C)(C)C)C2C=CC(OC(C)C)=CC2)cn1. The molecular formula is C19H27N3O3S. The van der Waals surface area contributed by atoms with Gasteiger partial charge in [-0.3, -0.25) is 4.90 Å². The monoisotopic (exact) mass is 377 g/mol. The van der Waals surface area contributed by atoms with Crippen molar-refractivity contribution in [3.05, 3.63) is 36.4 Å². The normalized spacial score (nSPS) is 17.0. The van der Waals surface area contributed by atoms with Crippen LogP contribution in [0.5, 0.6) is 0 Å². The van der Waals surface area contributed by atoms with E-state index in [9.17, 15) is 4.79 Å². The first kappa shape index (κ1) is 20.3. The number of carbonyl (C=O) groups is 1. The highest BCUT2D eigenvalue weighted by atomic mass is 32.2. The van der Waals surface area contributed by atoms with E-state index in [4.69, 9.17) is 9.47 Å². The summed E-state index contributed by atoms with van der Waals surface area (Å²) in [6.07, 6.45) is 11.4. The van der Waals surface area contributed by atoms with Crippen molar-refractivity contribution >= 4 is 23.5 Å². The van der Waals surface area contributed by atoms with E-state index >= 15 is 0 Å². The molecule has 0 N–H and O–H groups in total. The molecule has 2 rings (SSSR count). The van der Waals surface area contributed by atoms with Gasteiger partial charge >= 0.3 is 6.09 Å². The molecule has 1 amide bonds. The van der Waals surface area contributed by atoms with Gasteiger partial charge in [0.25, 0.3) is 0 Å². The van der Waals surface area contributed by atoms with Gasteiger partial charge in [-0.15, -0.1) is 0 Å². The second-order valence-corrected chi connectivity index (χ2v) is 7.99. The molecule has 0 aliphatic heterocycles. The Hall–Kier alpha value is -2.02. The Morgan fingerprint density at radius 3 is 2.42 bits per heavy atom. The predicted molar refractivity (Wildman–Crippen MR) is 104 cm³/mol. The van der Waals surface area contributed by atoms with Crippen molar-refractivity contribution in [3.63, 3.8) is 0 Å². The topological polar surface area (TPSA) is 64.6 Å². The van der Waals surface area contributed by atoms with Crippen molar-refractivity contribution < 1.29 is 14.3 Å². The lowest BCUT2D eigenvalue weighted by Crippen LogP contribution is -2.43. The van der Waals surface area contributed by atoms with Crippen molar-refractivity contribution in [2.75, 3.05) is 11.2 Å². The molecule has 1 aliphatic rings. The van der Waals surface area contributed by atoms with Crippen molar-refractivity contribution in [2.24, 2.45) is 0 Å². The fourth-order valence-corrected chi connectivity index (χ4v) is 2.74. The van der Waals surface area contributed by atoms with E-state index in [0.29, 0.717) is 17.3 Å². The van der Waals surface area contributed by atoms with Crippen LogP contribution in [-0.4, -0.2) is 40.1 Å². The number of carbonyl (C=O) groups excluding carboxylic acids is 1. The molecule has 1 atom stereocenters. The number of hydrogen-bond donors (Lipinski definition) is 0. The summed E-state index contributed by atoms with van der Waals surface area (Å²) in [5, 5.41) is 0.657. The molecule has 26 heavy (non-hydrogen) atoms. The van der Waals surface area contributed by atoms with Gasteiger partial charge in [-0.1, -0.05) is 17.8 Å². The summed E-state index contributed by atoms with van der Waals surface area (Å²) >= 11 is 1.45. The first-order chi connectivity index (χ1) is 12.2. The molecule has 0 saturated carbocycles. The van der Waals surface area contributed by atoms with Crippen molar-refractivity contribution in [2.45, 2.75) is 63.9 Å².